The molecule has 0 saturated heterocycles. The van der Waals surface area contributed by atoms with E-state index in [1.807, 2.05) is 18.2 Å². The molecule has 0 unspecified atom stereocenters. The van der Waals surface area contributed by atoms with Crippen molar-refractivity contribution in [1.82, 2.24) is 0 Å². The van der Waals surface area contributed by atoms with Gasteiger partial charge in [-0.1, -0.05) is 35.9 Å². The Labute approximate surface area is 134 Å². The van der Waals surface area contributed by atoms with Gasteiger partial charge in [0.1, 0.15) is 12.2 Å². The summed E-state index contributed by atoms with van der Waals surface area (Å²) in [7, 11) is 4.18. The van der Waals surface area contributed by atoms with Gasteiger partial charge in [0, 0.05) is 23.2 Å². The summed E-state index contributed by atoms with van der Waals surface area (Å²) in [6.07, 6.45) is 0. The van der Waals surface area contributed by atoms with Crippen molar-refractivity contribution >= 4 is 23.0 Å². The van der Waals surface area contributed by atoms with Crippen LogP contribution in [0.4, 0.5) is 11.4 Å². The van der Waals surface area contributed by atoms with Gasteiger partial charge >= 0.3 is 0 Å². The minimum absolute atomic E-state index is 0.0109. The molecule has 0 aliphatic rings. The van der Waals surface area contributed by atoms with E-state index in [0.717, 1.165) is 12.1 Å². The van der Waals surface area contributed by atoms with Crippen LogP contribution in [-0.4, -0.2) is 19.0 Å². The molecule has 22 heavy (non-hydrogen) atoms. The maximum atomic E-state index is 11.1. The lowest BCUT2D eigenvalue weighted by molar-refractivity contribution is -0.872. The van der Waals surface area contributed by atoms with Gasteiger partial charge in [-0.05, 0) is 17.7 Å². The summed E-state index contributed by atoms with van der Waals surface area (Å²) in [6.45, 7) is 1.44. The first kappa shape index (κ1) is 16.3. The molecule has 2 aromatic rings. The van der Waals surface area contributed by atoms with E-state index in [1.54, 1.807) is 12.1 Å². The van der Waals surface area contributed by atoms with Crippen LogP contribution in [0.5, 0.6) is 0 Å². The van der Waals surface area contributed by atoms with Crippen molar-refractivity contribution in [3.05, 3.63) is 68.7 Å². The topological polar surface area (TPSA) is 59.6 Å². The first-order valence-electron chi connectivity index (χ1n) is 7.01. The summed E-state index contributed by atoms with van der Waals surface area (Å²) in [5.41, 5.74) is 2.82. The molecule has 0 heterocycles. The van der Waals surface area contributed by atoms with Crippen molar-refractivity contribution in [2.24, 2.45) is 0 Å². The summed E-state index contributed by atoms with van der Waals surface area (Å²) in [5, 5.41) is 14.6. The second kappa shape index (κ2) is 7.24. The first-order valence-corrected chi connectivity index (χ1v) is 7.39. The summed E-state index contributed by atoms with van der Waals surface area (Å²) >= 11 is 5.83. The Morgan fingerprint density at radius 3 is 2.50 bits per heavy atom. The van der Waals surface area contributed by atoms with Crippen LogP contribution in [0.1, 0.15) is 11.1 Å². The molecule has 116 valence electrons. The SMILES string of the molecule is C[NH+](C)Cc1ccccc1CNc1ccc(Cl)cc1[N+](=O)[O-]. The molecular formula is C16H19ClN3O2+. The highest BCUT2D eigenvalue weighted by Crippen LogP contribution is 2.28. The van der Waals surface area contributed by atoms with Crippen LogP contribution in [0.15, 0.2) is 42.5 Å². The Bertz CT molecular complexity index is 674. The summed E-state index contributed by atoms with van der Waals surface area (Å²) in [5.74, 6) is 0. The summed E-state index contributed by atoms with van der Waals surface area (Å²) < 4.78 is 0. The molecule has 0 atom stereocenters. The maximum absolute atomic E-state index is 11.1. The number of benzene rings is 2. The van der Waals surface area contributed by atoms with Gasteiger partial charge in [-0.25, -0.2) is 0 Å². The van der Waals surface area contributed by atoms with E-state index in [9.17, 15) is 10.1 Å². The number of anilines is 1. The standard InChI is InChI=1S/C16H18ClN3O2/c1-19(2)11-13-6-4-3-5-12(13)10-18-15-8-7-14(17)9-16(15)20(21)22/h3-9,18H,10-11H2,1-2H3/p+1. The number of quaternary nitrogens is 1. The van der Waals surface area contributed by atoms with Crippen LogP contribution in [0.25, 0.3) is 0 Å². The third kappa shape index (κ3) is 4.19. The van der Waals surface area contributed by atoms with Gasteiger partial charge < -0.3 is 10.2 Å². The van der Waals surface area contributed by atoms with Crippen molar-refractivity contribution in [2.45, 2.75) is 13.1 Å². The molecule has 0 saturated carbocycles. The predicted molar refractivity (Wildman–Crippen MR) is 88.4 cm³/mol. The molecule has 6 heteroatoms. The van der Waals surface area contributed by atoms with Crippen LogP contribution in [0.2, 0.25) is 5.02 Å². The van der Waals surface area contributed by atoms with E-state index in [4.69, 9.17) is 11.6 Å². The molecule has 2 N–H and O–H groups in total. The van der Waals surface area contributed by atoms with Crippen LogP contribution in [0, 0.1) is 10.1 Å². The van der Waals surface area contributed by atoms with Gasteiger partial charge in [0.15, 0.2) is 0 Å². The Morgan fingerprint density at radius 2 is 1.86 bits per heavy atom. The fourth-order valence-corrected chi connectivity index (χ4v) is 2.45. The highest BCUT2D eigenvalue weighted by atomic mass is 35.5. The molecule has 0 fully saturated rings. The van der Waals surface area contributed by atoms with Crippen molar-refractivity contribution in [2.75, 3.05) is 19.4 Å². The molecular weight excluding hydrogens is 302 g/mol. The van der Waals surface area contributed by atoms with Crippen LogP contribution >= 0.6 is 11.6 Å². The van der Waals surface area contributed by atoms with E-state index in [-0.39, 0.29) is 5.69 Å². The van der Waals surface area contributed by atoms with Crippen LogP contribution in [-0.2, 0) is 13.1 Å². The molecule has 0 aliphatic carbocycles. The van der Waals surface area contributed by atoms with E-state index in [0.29, 0.717) is 17.3 Å². The van der Waals surface area contributed by atoms with Gasteiger partial charge in [0.05, 0.1) is 19.0 Å². The molecule has 0 amide bonds. The highest BCUT2D eigenvalue weighted by molar-refractivity contribution is 6.30. The summed E-state index contributed by atoms with van der Waals surface area (Å²) in [6, 6.07) is 12.7. The van der Waals surface area contributed by atoms with E-state index >= 15 is 0 Å². The van der Waals surface area contributed by atoms with Gasteiger partial charge in [-0.15, -0.1) is 0 Å². The van der Waals surface area contributed by atoms with E-state index in [2.05, 4.69) is 25.5 Å². The molecule has 2 rings (SSSR count). The summed E-state index contributed by atoms with van der Waals surface area (Å²) in [4.78, 5) is 12.0. The Balaban J connectivity index is 2.19. The molecule has 5 nitrogen and oxygen atoms in total. The largest absolute Gasteiger partial charge is 0.375 e. The predicted octanol–water partition coefficient (Wildman–Crippen LogP) is 2.50. The Kier molecular flexibility index (Phi) is 5.35. The maximum Gasteiger partial charge on any atom is 0.293 e. The number of nitrogens with zero attached hydrogens (tertiary/aromatic N) is 1. The van der Waals surface area contributed by atoms with Gasteiger partial charge in [-0.2, -0.15) is 0 Å². The smallest absolute Gasteiger partial charge is 0.293 e. The van der Waals surface area contributed by atoms with E-state index < -0.39 is 4.92 Å². The number of halogens is 1. The van der Waals surface area contributed by atoms with Crippen molar-refractivity contribution in [3.63, 3.8) is 0 Å². The second-order valence-electron chi connectivity index (χ2n) is 5.42. The van der Waals surface area contributed by atoms with Gasteiger partial charge in [0.25, 0.3) is 5.69 Å². The van der Waals surface area contributed by atoms with Gasteiger partial charge in [0.2, 0.25) is 0 Å². The van der Waals surface area contributed by atoms with Crippen LogP contribution < -0.4 is 10.2 Å². The number of hydrogen-bond donors (Lipinski definition) is 2. The number of nitro groups is 1. The highest BCUT2D eigenvalue weighted by Gasteiger charge is 2.14. The minimum atomic E-state index is -0.427. The molecule has 0 spiro atoms. The normalized spacial score (nSPS) is 10.7. The molecule has 0 aliphatic heterocycles. The van der Waals surface area contributed by atoms with Crippen LogP contribution in [0.3, 0.4) is 0 Å². The minimum Gasteiger partial charge on any atom is -0.375 e. The number of hydrogen-bond acceptors (Lipinski definition) is 3. The Hall–Kier alpha value is -2.11. The molecule has 0 bridgehead atoms. The van der Waals surface area contributed by atoms with Crippen molar-refractivity contribution < 1.29 is 9.82 Å². The monoisotopic (exact) mass is 320 g/mol. The zero-order valence-corrected chi connectivity index (χ0v) is 13.4. The number of rotatable bonds is 6. The Morgan fingerprint density at radius 1 is 1.18 bits per heavy atom. The van der Waals surface area contributed by atoms with Gasteiger partial charge in [-0.3, -0.25) is 10.1 Å². The quantitative estimate of drug-likeness (QED) is 0.635. The average molecular weight is 321 g/mol. The lowest BCUT2D eigenvalue weighted by Crippen LogP contribution is -3.04. The molecule has 0 radical (unpaired) electrons. The fraction of sp³-hybridized carbons (Fsp3) is 0.250. The lowest BCUT2D eigenvalue weighted by Gasteiger charge is -2.13. The van der Waals surface area contributed by atoms with E-state index in [1.165, 1.54) is 16.5 Å². The lowest BCUT2D eigenvalue weighted by atomic mass is 10.1. The zero-order valence-electron chi connectivity index (χ0n) is 12.6. The number of nitrogens with one attached hydrogen (secondary N) is 2. The third-order valence-electron chi connectivity index (χ3n) is 3.29. The first-order chi connectivity index (χ1) is 10.5. The number of nitro benzene ring substituents is 1. The fourth-order valence-electron chi connectivity index (χ4n) is 2.28. The van der Waals surface area contributed by atoms with Crippen molar-refractivity contribution in [3.8, 4) is 0 Å². The molecule has 2 aromatic carbocycles. The molecule has 0 aromatic heterocycles. The average Bonchev–Trinajstić information content (AvgIpc) is 2.46. The zero-order chi connectivity index (χ0) is 16.1. The van der Waals surface area contributed by atoms with Crippen molar-refractivity contribution in [1.29, 1.82) is 0 Å². The second-order valence-corrected chi connectivity index (χ2v) is 5.86. The third-order valence-corrected chi connectivity index (χ3v) is 3.52.